The fourth-order valence-corrected chi connectivity index (χ4v) is 1.84. The van der Waals surface area contributed by atoms with Gasteiger partial charge in [-0.15, -0.1) is 0 Å². The minimum absolute atomic E-state index is 0.258. The summed E-state index contributed by atoms with van der Waals surface area (Å²) in [5.74, 6) is -3.32. The van der Waals surface area contributed by atoms with Crippen LogP contribution < -0.4 is 0 Å². The van der Waals surface area contributed by atoms with Crippen molar-refractivity contribution in [3.8, 4) is 0 Å². The second kappa shape index (κ2) is 6.10. The molecule has 0 heterocycles. The third-order valence-corrected chi connectivity index (χ3v) is 2.77. The molecule has 0 aliphatic carbocycles. The van der Waals surface area contributed by atoms with Crippen LogP contribution in [-0.2, 0) is 16.0 Å². The Labute approximate surface area is 106 Å². The first kappa shape index (κ1) is 14.1. The van der Waals surface area contributed by atoms with E-state index in [1.807, 2.05) is 6.92 Å². The van der Waals surface area contributed by atoms with Crippen LogP contribution >= 0.6 is 0 Å². The third-order valence-electron chi connectivity index (χ3n) is 2.77. The highest BCUT2D eigenvalue weighted by atomic mass is 16.4. The summed E-state index contributed by atoms with van der Waals surface area (Å²) in [5.41, 5.74) is 1.20. The van der Waals surface area contributed by atoms with Gasteiger partial charge < -0.3 is 5.11 Å². The van der Waals surface area contributed by atoms with Crippen molar-refractivity contribution in [3.05, 3.63) is 35.4 Å². The van der Waals surface area contributed by atoms with E-state index >= 15 is 0 Å². The second-order valence-electron chi connectivity index (χ2n) is 4.17. The molecule has 0 bridgehead atoms. The van der Waals surface area contributed by atoms with E-state index in [0.717, 1.165) is 5.56 Å². The molecule has 18 heavy (non-hydrogen) atoms. The Hall–Kier alpha value is -1.97. The lowest BCUT2D eigenvalue weighted by Gasteiger charge is -2.12. The van der Waals surface area contributed by atoms with Crippen LogP contribution in [0.25, 0.3) is 0 Å². The topological polar surface area (TPSA) is 71.4 Å². The van der Waals surface area contributed by atoms with Crippen molar-refractivity contribution >= 4 is 17.5 Å². The third kappa shape index (κ3) is 3.26. The standard InChI is InChI=1S/C14H16O4/c1-3-10-6-4-5-7-11(10)13(16)12(14(17)18)8-9(2)15/h4-7,12H,3,8H2,1-2H3,(H,17,18). The molecule has 1 atom stereocenters. The van der Waals surface area contributed by atoms with E-state index in [0.29, 0.717) is 12.0 Å². The number of hydrogen-bond donors (Lipinski definition) is 1. The average Bonchev–Trinajstić information content (AvgIpc) is 2.34. The van der Waals surface area contributed by atoms with Gasteiger partial charge in [-0.05, 0) is 18.9 Å². The normalized spacial score (nSPS) is 11.9. The lowest BCUT2D eigenvalue weighted by molar-refractivity contribution is -0.141. The first-order valence-corrected chi connectivity index (χ1v) is 5.81. The first-order valence-electron chi connectivity index (χ1n) is 5.81. The number of carboxylic acids is 1. The fraction of sp³-hybridized carbons (Fsp3) is 0.357. The predicted molar refractivity (Wildman–Crippen MR) is 66.6 cm³/mol. The lowest BCUT2D eigenvalue weighted by Crippen LogP contribution is -2.26. The minimum atomic E-state index is -1.28. The van der Waals surface area contributed by atoms with E-state index in [2.05, 4.69) is 0 Å². The van der Waals surface area contributed by atoms with E-state index < -0.39 is 17.7 Å². The van der Waals surface area contributed by atoms with Crippen molar-refractivity contribution in [2.24, 2.45) is 5.92 Å². The molecule has 4 heteroatoms. The number of carbonyl (C=O) groups is 3. The highest BCUT2D eigenvalue weighted by Crippen LogP contribution is 2.18. The molecule has 0 aromatic heterocycles. The van der Waals surface area contributed by atoms with Crippen LogP contribution in [0.5, 0.6) is 0 Å². The molecular weight excluding hydrogens is 232 g/mol. The van der Waals surface area contributed by atoms with Gasteiger partial charge in [0, 0.05) is 12.0 Å². The monoisotopic (exact) mass is 248 g/mol. The van der Waals surface area contributed by atoms with Gasteiger partial charge in [-0.3, -0.25) is 14.4 Å². The van der Waals surface area contributed by atoms with E-state index in [1.165, 1.54) is 6.92 Å². The summed E-state index contributed by atoms with van der Waals surface area (Å²) >= 11 is 0. The van der Waals surface area contributed by atoms with Gasteiger partial charge in [-0.1, -0.05) is 31.2 Å². The first-order chi connectivity index (χ1) is 8.47. The van der Waals surface area contributed by atoms with Crippen LogP contribution in [0.15, 0.2) is 24.3 Å². The maximum absolute atomic E-state index is 12.2. The van der Waals surface area contributed by atoms with Gasteiger partial charge in [0.25, 0.3) is 0 Å². The van der Waals surface area contributed by atoms with Crippen LogP contribution in [-0.4, -0.2) is 22.6 Å². The van der Waals surface area contributed by atoms with Gasteiger partial charge in [0.15, 0.2) is 5.78 Å². The highest BCUT2D eigenvalue weighted by molar-refractivity contribution is 6.10. The van der Waals surface area contributed by atoms with Crippen LogP contribution in [0.4, 0.5) is 0 Å². The maximum Gasteiger partial charge on any atom is 0.314 e. The highest BCUT2D eigenvalue weighted by Gasteiger charge is 2.29. The van der Waals surface area contributed by atoms with Crippen LogP contribution in [0, 0.1) is 5.92 Å². The summed E-state index contributed by atoms with van der Waals surface area (Å²) in [5, 5.41) is 9.04. The lowest BCUT2D eigenvalue weighted by atomic mass is 9.90. The zero-order valence-electron chi connectivity index (χ0n) is 10.5. The maximum atomic E-state index is 12.2. The summed E-state index contributed by atoms with van der Waals surface area (Å²) in [6.07, 6.45) is 0.389. The van der Waals surface area contributed by atoms with Gasteiger partial charge in [-0.2, -0.15) is 0 Å². The Bertz CT molecular complexity index is 476. The molecule has 0 aliphatic rings. The molecule has 0 amide bonds. The van der Waals surface area contributed by atoms with Crippen molar-refractivity contribution in [3.63, 3.8) is 0 Å². The average molecular weight is 248 g/mol. The Kier molecular flexibility index (Phi) is 4.77. The van der Waals surface area contributed by atoms with Crippen LogP contribution in [0.2, 0.25) is 0 Å². The van der Waals surface area contributed by atoms with Crippen LogP contribution in [0.1, 0.15) is 36.2 Å². The quantitative estimate of drug-likeness (QED) is 0.618. The number of rotatable bonds is 6. The van der Waals surface area contributed by atoms with Gasteiger partial charge >= 0.3 is 5.97 Å². The molecule has 4 nitrogen and oxygen atoms in total. The molecule has 0 fully saturated rings. The molecular formula is C14H16O4. The van der Waals surface area contributed by atoms with Gasteiger partial charge in [0.05, 0.1) is 0 Å². The molecule has 1 rings (SSSR count). The predicted octanol–water partition coefficient (Wildman–Crippen LogP) is 2.11. The summed E-state index contributed by atoms with van der Waals surface area (Å²) in [6.45, 7) is 3.18. The second-order valence-corrected chi connectivity index (χ2v) is 4.17. The SMILES string of the molecule is CCc1ccccc1C(=O)C(CC(C)=O)C(=O)O. The smallest absolute Gasteiger partial charge is 0.314 e. The van der Waals surface area contributed by atoms with Gasteiger partial charge in [0.1, 0.15) is 11.7 Å². The largest absolute Gasteiger partial charge is 0.481 e. The zero-order chi connectivity index (χ0) is 13.7. The van der Waals surface area contributed by atoms with Crippen molar-refractivity contribution < 1.29 is 19.5 Å². The molecule has 0 radical (unpaired) electrons. The number of ketones is 2. The minimum Gasteiger partial charge on any atom is -0.481 e. The Morgan fingerprint density at radius 1 is 1.22 bits per heavy atom. The molecule has 0 aliphatic heterocycles. The summed E-state index contributed by atoms with van der Waals surface area (Å²) < 4.78 is 0. The molecule has 1 N–H and O–H groups in total. The number of carboxylic acid groups (broad SMARTS) is 1. The summed E-state index contributed by atoms with van der Waals surface area (Å²) in [7, 11) is 0. The molecule has 1 unspecified atom stereocenters. The van der Waals surface area contributed by atoms with Crippen molar-refractivity contribution in [2.45, 2.75) is 26.7 Å². The molecule has 96 valence electrons. The van der Waals surface area contributed by atoms with E-state index in [1.54, 1.807) is 24.3 Å². The zero-order valence-corrected chi connectivity index (χ0v) is 10.5. The molecule has 0 spiro atoms. The summed E-state index contributed by atoms with van der Waals surface area (Å²) in [4.78, 5) is 34.3. The van der Waals surface area contributed by atoms with Crippen molar-refractivity contribution in [1.29, 1.82) is 0 Å². The van der Waals surface area contributed by atoms with E-state index in [9.17, 15) is 14.4 Å². The number of benzene rings is 1. The Morgan fingerprint density at radius 3 is 2.33 bits per heavy atom. The van der Waals surface area contributed by atoms with Crippen LogP contribution in [0.3, 0.4) is 0 Å². The summed E-state index contributed by atoms with van der Waals surface area (Å²) in [6, 6.07) is 6.90. The number of aliphatic carboxylic acids is 1. The molecule has 1 aromatic carbocycles. The fourth-order valence-electron chi connectivity index (χ4n) is 1.84. The van der Waals surface area contributed by atoms with Gasteiger partial charge in [0.2, 0.25) is 0 Å². The molecule has 1 aromatic rings. The van der Waals surface area contributed by atoms with E-state index in [-0.39, 0.29) is 12.2 Å². The van der Waals surface area contributed by atoms with E-state index in [4.69, 9.17) is 5.11 Å². The Morgan fingerprint density at radius 2 is 1.83 bits per heavy atom. The molecule has 0 saturated carbocycles. The number of Topliss-reactive ketones (excluding diaryl/α,β-unsaturated/α-hetero) is 2. The van der Waals surface area contributed by atoms with Crippen molar-refractivity contribution in [2.75, 3.05) is 0 Å². The number of hydrogen-bond acceptors (Lipinski definition) is 3. The van der Waals surface area contributed by atoms with Crippen molar-refractivity contribution in [1.82, 2.24) is 0 Å². The Balaban J connectivity index is 3.09. The molecule has 0 saturated heterocycles. The van der Waals surface area contributed by atoms with Gasteiger partial charge in [-0.25, -0.2) is 0 Å². The number of aryl methyl sites for hydroxylation is 1. The number of carbonyl (C=O) groups excluding carboxylic acids is 2.